The van der Waals surface area contributed by atoms with E-state index in [1.165, 1.54) is 4.57 Å². The lowest BCUT2D eigenvalue weighted by Crippen LogP contribution is -2.49. The summed E-state index contributed by atoms with van der Waals surface area (Å²) in [4.78, 5) is 38.5. The van der Waals surface area contributed by atoms with Crippen LogP contribution in [0.4, 0.5) is 14.6 Å². The summed E-state index contributed by atoms with van der Waals surface area (Å²) < 4.78 is 28.3. The van der Waals surface area contributed by atoms with E-state index in [0.717, 1.165) is 0 Å². The van der Waals surface area contributed by atoms with Crippen molar-refractivity contribution in [3.8, 4) is 5.82 Å². The number of rotatable bonds is 3. The Balaban J connectivity index is 1.61. The molecule has 5 rings (SSSR count). The number of fused-ring (bicyclic) bond motifs is 2. The van der Waals surface area contributed by atoms with Crippen LogP contribution in [-0.4, -0.2) is 50.5 Å². The first-order valence-corrected chi connectivity index (χ1v) is 9.84. The van der Waals surface area contributed by atoms with E-state index in [-0.39, 0.29) is 30.7 Å². The van der Waals surface area contributed by atoms with Crippen LogP contribution in [0, 0.1) is 5.92 Å². The van der Waals surface area contributed by atoms with Gasteiger partial charge in [0.15, 0.2) is 5.65 Å². The number of anilines is 1. The molecule has 0 spiro atoms. The van der Waals surface area contributed by atoms with Gasteiger partial charge in [-0.3, -0.25) is 9.78 Å². The Labute approximate surface area is 169 Å². The van der Waals surface area contributed by atoms with Gasteiger partial charge in [-0.1, -0.05) is 0 Å². The summed E-state index contributed by atoms with van der Waals surface area (Å²) in [5, 5.41) is 2.82. The Morgan fingerprint density at radius 1 is 1.23 bits per heavy atom. The number of H-pyrrole nitrogens is 1. The van der Waals surface area contributed by atoms with Gasteiger partial charge < -0.3 is 10.2 Å². The zero-order valence-corrected chi connectivity index (χ0v) is 16.2. The lowest BCUT2D eigenvalue weighted by molar-refractivity contribution is -0.115. The van der Waals surface area contributed by atoms with Gasteiger partial charge in [0.25, 0.3) is 5.91 Å². The average molecular weight is 414 g/mol. The zero-order chi connectivity index (χ0) is 21.0. The number of hydrogen-bond donors (Lipinski definition) is 2. The molecule has 0 aromatic carbocycles. The first kappa shape index (κ1) is 18.7. The van der Waals surface area contributed by atoms with Crippen LogP contribution in [0.5, 0.6) is 0 Å². The molecule has 1 aliphatic carbocycles. The number of nitrogens with zero attached hydrogens (tertiary/aromatic N) is 4. The van der Waals surface area contributed by atoms with Crippen molar-refractivity contribution in [2.24, 2.45) is 5.92 Å². The number of pyridine rings is 2. The summed E-state index contributed by atoms with van der Waals surface area (Å²) in [7, 11) is 0. The van der Waals surface area contributed by atoms with Crippen LogP contribution in [-0.2, 0) is 0 Å². The molecule has 1 aliphatic heterocycles. The second-order valence-electron chi connectivity index (χ2n) is 7.89. The van der Waals surface area contributed by atoms with Gasteiger partial charge in [-0.15, -0.1) is 0 Å². The Kier molecular flexibility index (Phi) is 4.12. The van der Waals surface area contributed by atoms with Crippen molar-refractivity contribution in [3.05, 3.63) is 46.5 Å². The van der Waals surface area contributed by atoms with Crippen molar-refractivity contribution in [3.63, 3.8) is 0 Å². The molecule has 1 amide bonds. The summed E-state index contributed by atoms with van der Waals surface area (Å²) in [6.45, 7) is 2.72. The second-order valence-corrected chi connectivity index (χ2v) is 7.89. The Morgan fingerprint density at radius 2 is 2.03 bits per heavy atom. The predicted octanol–water partition coefficient (Wildman–Crippen LogP) is 2.09. The molecule has 2 aliphatic rings. The van der Waals surface area contributed by atoms with Crippen LogP contribution in [0.15, 0.2) is 35.3 Å². The van der Waals surface area contributed by atoms with Gasteiger partial charge in [-0.25, -0.2) is 28.1 Å². The maximum absolute atomic E-state index is 13.4. The van der Waals surface area contributed by atoms with Crippen LogP contribution in [0.25, 0.3) is 17.0 Å². The van der Waals surface area contributed by atoms with Crippen LogP contribution in [0.2, 0.25) is 0 Å². The van der Waals surface area contributed by atoms with E-state index < -0.39 is 11.6 Å². The third-order valence-electron chi connectivity index (χ3n) is 6.00. The fourth-order valence-corrected chi connectivity index (χ4v) is 4.32. The molecule has 30 heavy (non-hydrogen) atoms. The van der Waals surface area contributed by atoms with Crippen molar-refractivity contribution in [1.82, 2.24) is 24.8 Å². The monoisotopic (exact) mass is 414 g/mol. The minimum absolute atomic E-state index is 0.172. The highest BCUT2D eigenvalue weighted by Crippen LogP contribution is 2.46. The van der Waals surface area contributed by atoms with Gasteiger partial charge in [-0.05, 0) is 37.1 Å². The van der Waals surface area contributed by atoms with E-state index in [9.17, 15) is 18.4 Å². The maximum atomic E-state index is 13.4. The summed E-state index contributed by atoms with van der Waals surface area (Å²) in [5.74, 6) is -2.35. The maximum Gasteiger partial charge on any atom is 0.333 e. The molecule has 1 atom stereocenters. The van der Waals surface area contributed by atoms with Gasteiger partial charge in [0.05, 0.1) is 11.1 Å². The molecular weight excluding hydrogens is 394 g/mol. The number of alkyl halides is 2. The molecule has 8 nitrogen and oxygen atoms in total. The number of carbonyl (C=O) groups is 1. The van der Waals surface area contributed by atoms with Crippen molar-refractivity contribution < 1.29 is 13.6 Å². The molecule has 3 aromatic heterocycles. The largest absolute Gasteiger partial charge is 0.351 e. The van der Waals surface area contributed by atoms with Crippen LogP contribution in [0.1, 0.15) is 30.1 Å². The minimum atomic E-state index is -2.62. The molecule has 0 saturated heterocycles. The molecule has 4 heterocycles. The quantitative estimate of drug-likeness (QED) is 0.684. The zero-order valence-electron chi connectivity index (χ0n) is 16.2. The van der Waals surface area contributed by atoms with Gasteiger partial charge in [-0.2, -0.15) is 0 Å². The summed E-state index contributed by atoms with van der Waals surface area (Å²) in [6, 6.07) is 6.46. The predicted molar refractivity (Wildman–Crippen MR) is 106 cm³/mol. The number of carbonyl (C=O) groups excluding carboxylic acids is 1. The van der Waals surface area contributed by atoms with E-state index in [1.807, 2.05) is 11.8 Å². The molecule has 1 saturated carbocycles. The normalized spacial score (nSPS) is 19.7. The molecule has 1 fully saturated rings. The molecule has 156 valence electrons. The van der Waals surface area contributed by atoms with Crippen molar-refractivity contribution in [2.45, 2.75) is 31.7 Å². The van der Waals surface area contributed by atoms with Crippen molar-refractivity contribution in [2.75, 3.05) is 18.0 Å². The SMILES string of the molecule is C[C@H](C1CC(F)(F)C1)N1CCNC(=O)c2ccc(-n3c(=O)[nH]c4ncccc43)nc21. The number of amides is 1. The molecule has 2 N–H and O–H groups in total. The number of hydrogen-bond acceptors (Lipinski definition) is 5. The topological polar surface area (TPSA) is 95.9 Å². The lowest BCUT2D eigenvalue weighted by atomic mass is 9.76. The van der Waals surface area contributed by atoms with E-state index in [2.05, 4.69) is 20.3 Å². The van der Waals surface area contributed by atoms with Crippen molar-refractivity contribution in [1.29, 1.82) is 0 Å². The standard InChI is InChI=1S/C20H20F2N6O2/c1-11(12-9-20(21,22)10-12)27-8-7-24-18(29)13-4-5-15(25-17(13)27)28-14-3-2-6-23-16(14)26-19(28)30/h2-6,11-12H,7-10H2,1H3,(H,24,29)(H,23,26,30)/t11-/m1/s1. The molecule has 0 radical (unpaired) electrons. The highest BCUT2D eigenvalue weighted by atomic mass is 19.3. The average Bonchev–Trinajstić information content (AvgIpc) is 2.94. The van der Waals surface area contributed by atoms with Gasteiger partial charge in [0.2, 0.25) is 5.92 Å². The number of halogens is 2. The number of aromatic amines is 1. The number of aromatic nitrogens is 4. The Hall–Kier alpha value is -3.30. The molecular formula is C20H20F2N6O2. The molecule has 3 aromatic rings. The fraction of sp³-hybridized carbons (Fsp3) is 0.400. The second kappa shape index (κ2) is 6.61. The van der Waals surface area contributed by atoms with Crippen LogP contribution < -0.4 is 15.9 Å². The first-order valence-electron chi connectivity index (χ1n) is 9.84. The summed E-state index contributed by atoms with van der Waals surface area (Å²) in [5.41, 5.74) is 0.956. The molecule has 0 bridgehead atoms. The summed E-state index contributed by atoms with van der Waals surface area (Å²) >= 11 is 0. The van der Waals surface area contributed by atoms with Crippen LogP contribution >= 0.6 is 0 Å². The van der Waals surface area contributed by atoms with E-state index in [1.54, 1.807) is 30.5 Å². The third kappa shape index (κ3) is 2.94. The highest BCUT2D eigenvalue weighted by Gasteiger charge is 2.49. The van der Waals surface area contributed by atoms with Gasteiger partial charge >= 0.3 is 5.69 Å². The summed E-state index contributed by atoms with van der Waals surface area (Å²) in [6.07, 6.45) is 1.23. The fourth-order valence-electron chi connectivity index (χ4n) is 4.32. The molecule has 0 unspecified atom stereocenters. The molecule has 10 heteroatoms. The Bertz CT molecular complexity index is 1200. The van der Waals surface area contributed by atoms with E-state index >= 15 is 0 Å². The third-order valence-corrected chi connectivity index (χ3v) is 6.00. The van der Waals surface area contributed by atoms with Crippen LogP contribution in [0.3, 0.4) is 0 Å². The first-order chi connectivity index (χ1) is 14.3. The Morgan fingerprint density at radius 3 is 2.80 bits per heavy atom. The van der Waals surface area contributed by atoms with E-state index in [0.29, 0.717) is 41.5 Å². The van der Waals surface area contributed by atoms with Crippen molar-refractivity contribution >= 4 is 22.9 Å². The minimum Gasteiger partial charge on any atom is -0.351 e. The lowest BCUT2D eigenvalue weighted by Gasteiger charge is -2.43. The highest BCUT2D eigenvalue weighted by molar-refractivity contribution is 5.99. The number of imidazole rings is 1. The van der Waals surface area contributed by atoms with Gasteiger partial charge in [0.1, 0.15) is 11.6 Å². The van der Waals surface area contributed by atoms with E-state index in [4.69, 9.17) is 0 Å². The smallest absolute Gasteiger partial charge is 0.333 e. The van der Waals surface area contributed by atoms with Gasteiger partial charge in [0, 0.05) is 38.2 Å². The number of nitrogens with one attached hydrogen (secondary N) is 2.